The smallest absolute Gasteiger partial charge is 0.231 e. The van der Waals surface area contributed by atoms with E-state index in [-0.39, 0.29) is 12.7 Å². The standard InChI is InChI=1S/C24H29NO6/c1-24(25-7-5-6-8-25)13-17(15-9-21(26-2)23(28-4)22(10-15)27-3)16-11-19-20(30-14-29-19)12-18(16)31-24/h9-12,17H,5-8,13-14H2,1-4H3/t17-,24+/m1/s1. The highest BCUT2D eigenvalue weighted by molar-refractivity contribution is 5.60. The summed E-state index contributed by atoms with van der Waals surface area (Å²) in [5.74, 6) is 4.27. The van der Waals surface area contributed by atoms with Gasteiger partial charge in [-0.1, -0.05) is 0 Å². The van der Waals surface area contributed by atoms with Crippen molar-refractivity contribution in [3.8, 4) is 34.5 Å². The summed E-state index contributed by atoms with van der Waals surface area (Å²) in [5, 5.41) is 0. The van der Waals surface area contributed by atoms with Gasteiger partial charge in [-0.3, -0.25) is 4.90 Å². The highest BCUT2D eigenvalue weighted by Gasteiger charge is 2.44. The van der Waals surface area contributed by atoms with Crippen LogP contribution in [-0.4, -0.2) is 51.8 Å². The number of methoxy groups -OCH3 is 3. The summed E-state index contributed by atoms with van der Waals surface area (Å²) >= 11 is 0. The van der Waals surface area contributed by atoms with Crippen LogP contribution in [0.2, 0.25) is 0 Å². The topological polar surface area (TPSA) is 58.6 Å². The average Bonchev–Trinajstić information content (AvgIpc) is 3.48. The number of rotatable bonds is 5. The molecule has 0 radical (unpaired) electrons. The molecule has 0 aliphatic carbocycles. The Morgan fingerprint density at radius 2 is 1.52 bits per heavy atom. The summed E-state index contributed by atoms with van der Waals surface area (Å²) in [5.41, 5.74) is 1.75. The van der Waals surface area contributed by atoms with Gasteiger partial charge >= 0.3 is 0 Å². The first-order chi connectivity index (χ1) is 15.1. The highest BCUT2D eigenvalue weighted by atomic mass is 16.7. The van der Waals surface area contributed by atoms with Crippen LogP contribution < -0.4 is 28.4 Å². The van der Waals surface area contributed by atoms with Crippen molar-refractivity contribution in [2.24, 2.45) is 0 Å². The first kappa shape index (κ1) is 20.1. The van der Waals surface area contributed by atoms with E-state index in [1.54, 1.807) is 21.3 Å². The van der Waals surface area contributed by atoms with Crippen molar-refractivity contribution >= 4 is 0 Å². The Morgan fingerprint density at radius 1 is 0.871 bits per heavy atom. The fourth-order valence-electron chi connectivity index (χ4n) is 5.05. The maximum Gasteiger partial charge on any atom is 0.231 e. The predicted molar refractivity (Wildman–Crippen MR) is 115 cm³/mol. The number of hydrogen-bond acceptors (Lipinski definition) is 7. The zero-order chi connectivity index (χ0) is 21.6. The third-order valence-corrected chi connectivity index (χ3v) is 6.66. The lowest BCUT2D eigenvalue weighted by molar-refractivity contribution is -0.0768. The van der Waals surface area contributed by atoms with E-state index in [1.165, 1.54) is 12.8 Å². The molecule has 0 unspecified atom stereocenters. The van der Waals surface area contributed by atoms with Crippen LogP contribution in [0, 0.1) is 0 Å². The largest absolute Gasteiger partial charge is 0.493 e. The molecular formula is C24H29NO6. The second kappa shape index (κ2) is 7.71. The lowest BCUT2D eigenvalue weighted by Crippen LogP contribution is -2.52. The summed E-state index contributed by atoms with van der Waals surface area (Å²) in [6, 6.07) is 8.09. The third kappa shape index (κ3) is 3.31. The minimum atomic E-state index is -0.414. The summed E-state index contributed by atoms with van der Waals surface area (Å²) in [4.78, 5) is 2.45. The first-order valence-corrected chi connectivity index (χ1v) is 10.7. The second-order valence-corrected chi connectivity index (χ2v) is 8.43. The number of nitrogens with zero attached hydrogens (tertiary/aromatic N) is 1. The van der Waals surface area contributed by atoms with Gasteiger partial charge in [-0.2, -0.15) is 0 Å². The lowest BCUT2D eigenvalue weighted by atomic mass is 9.81. The van der Waals surface area contributed by atoms with Gasteiger partial charge in [-0.15, -0.1) is 0 Å². The predicted octanol–water partition coefficient (Wildman–Crippen LogP) is 4.17. The van der Waals surface area contributed by atoms with Crippen molar-refractivity contribution in [3.05, 3.63) is 35.4 Å². The number of benzene rings is 2. The molecular weight excluding hydrogens is 398 g/mol. The number of likely N-dealkylation sites (tertiary alicyclic amines) is 1. The van der Waals surface area contributed by atoms with E-state index < -0.39 is 5.72 Å². The van der Waals surface area contributed by atoms with Crippen LogP contribution >= 0.6 is 0 Å². The Hall–Kier alpha value is -2.80. The monoisotopic (exact) mass is 427 g/mol. The van der Waals surface area contributed by atoms with Crippen molar-refractivity contribution in [2.45, 2.75) is 37.8 Å². The van der Waals surface area contributed by atoms with Crippen LogP contribution in [0.15, 0.2) is 24.3 Å². The molecule has 0 amide bonds. The van der Waals surface area contributed by atoms with Crippen LogP contribution in [0.4, 0.5) is 0 Å². The zero-order valence-corrected chi connectivity index (χ0v) is 18.5. The van der Waals surface area contributed by atoms with Gasteiger partial charge in [0.1, 0.15) is 5.75 Å². The average molecular weight is 427 g/mol. The van der Waals surface area contributed by atoms with Gasteiger partial charge in [0.05, 0.1) is 21.3 Å². The maximum atomic E-state index is 6.64. The summed E-state index contributed by atoms with van der Waals surface area (Å²) < 4.78 is 34.7. The molecule has 0 N–H and O–H groups in total. The molecule has 0 bridgehead atoms. The van der Waals surface area contributed by atoms with Crippen LogP contribution in [0.25, 0.3) is 0 Å². The fourth-order valence-corrected chi connectivity index (χ4v) is 5.05. The van der Waals surface area contributed by atoms with E-state index in [2.05, 4.69) is 17.9 Å². The molecule has 7 heteroatoms. The molecule has 0 aromatic heterocycles. The Balaban J connectivity index is 1.65. The number of fused-ring (bicyclic) bond motifs is 2. The summed E-state index contributed by atoms with van der Waals surface area (Å²) in [6.45, 7) is 4.50. The van der Waals surface area contributed by atoms with Gasteiger partial charge in [0.25, 0.3) is 0 Å². The van der Waals surface area contributed by atoms with Crippen LogP contribution in [0.3, 0.4) is 0 Å². The van der Waals surface area contributed by atoms with E-state index in [1.807, 2.05) is 18.2 Å². The lowest BCUT2D eigenvalue weighted by Gasteiger charge is -2.45. The molecule has 31 heavy (non-hydrogen) atoms. The first-order valence-electron chi connectivity index (χ1n) is 10.7. The Bertz CT molecular complexity index is 961. The maximum absolute atomic E-state index is 6.64. The summed E-state index contributed by atoms with van der Waals surface area (Å²) in [7, 11) is 4.91. The van der Waals surface area contributed by atoms with E-state index in [0.29, 0.717) is 17.2 Å². The van der Waals surface area contributed by atoms with Crippen molar-refractivity contribution in [1.82, 2.24) is 4.90 Å². The van der Waals surface area contributed by atoms with Crippen LogP contribution in [-0.2, 0) is 0 Å². The van der Waals surface area contributed by atoms with Crippen LogP contribution in [0.1, 0.15) is 43.2 Å². The van der Waals surface area contributed by atoms with Crippen molar-refractivity contribution in [1.29, 1.82) is 0 Å². The molecule has 1 saturated heterocycles. The molecule has 5 rings (SSSR count). The second-order valence-electron chi connectivity index (χ2n) is 8.43. The third-order valence-electron chi connectivity index (χ3n) is 6.66. The molecule has 2 aromatic carbocycles. The van der Waals surface area contributed by atoms with E-state index in [9.17, 15) is 0 Å². The molecule has 3 aliphatic rings. The molecule has 2 aromatic rings. The van der Waals surface area contributed by atoms with E-state index >= 15 is 0 Å². The molecule has 3 aliphatic heterocycles. The van der Waals surface area contributed by atoms with E-state index in [0.717, 1.165) is 47.9 Å². The molecule has 166 valence electrons. The molecule has 3 heterocycles. The normalized spacial score (nSPS) is 24.5. The van der Waals surface area contributed by atoms with Crippen LogP contribution in [0.5, 0.6) is 34.5 Å². The molecule has 1 fully saturated rings. The Labute approximate surface area is 182 Å². The van der Waals surface area contributed by atoms with Gasteiger partial charge < -0.3 is 28.4 Å². The van der Waals surface area contributed by atoms with Crippen molar-refractivity contribution in [3.63, 3.8) is 0 Å². The molecule has 2 atom stereocenters. The fraction of sp³-hybridized carbons (Fsp3) is 0.500. The van der Waals surface area contributed by atoms with Gasteiger partial charge in [-0.25, -0.2) is 0 Å². The SMILES string of the molecule is COc1cc([C@H]2C[C@@](C)(N3CCCC3)Oc3cc4c(cc32)OCO4)cc(OC)c1OC. The summed E-state index contributed by atoms with van der Waals surface area (Å²) in [6.07, 6.45) is 3.20. The minimum Gasteiger partial charge on any atom is -0.493 e. The van der Waals surface area contributed by atoms with Gasteiger partial charge in [0.2, 0.25) is 12.5 Å². The number of hydrogen-bond donors (Lipinski definition) is 0. The molecule has 0 saturated carbocycles. The van der Waals surface area contributed by atoms with Gasteiger partial charge in [0.15, 0.2) is 28.7 Å². The van der Waals surface area contributed by atoms with Gasteiger partial charge in [0, 0.05) is 37.1 Å². The van der Waals surface area contributed by atoms with Crippen molar-refractivity contribution in [2.75, 3.05) is 41.2 Å². The Kier molecular flexibility index (Phi) is 5.01. The van der Waals surface area contributed by atoms with Gasteiger partial charge in [-0.05, 0) is 43.5 Å². The minimum absolute atomic E-state index is 0.0672. The quantitative estimate of drug-likeness (QED) is 0.710. The highest BCUT2D eigenvalue weighted by Crippen LogP contribution is 2.52. The zero-order valence-electron chi connectivity index (χ0n) is 18.5. The Morgan fingerprint density at radius 3 is 2.13 bits per heavy atom. The number of ether oxygens (including phenoxy) is 6. The van der Waals surface area contributed by atoms with E-state index in [4.69, 9.17) is 28.4 Å². The molecule has 0 spiro atoms. The molecule has 7 nitrogen and oxygen atoms in total. The van der Waals surface area contributed by atoms with Crippen molar-refractivity contribution < 1.29 is 28.4 Å².